The van der Waals surface area contributed by atoms with Crippen molar-refractivity contribution < 1.29 is 0 Å². The van der Waals surface area contributed by atoms with Gasteiger partial charge in [0.2, 0.25) is 0 Å². The molecule has 0 aromatic heterocycles. The van der Waals surface area contributed by atoms with E-state index in [1.807, 2.05) is 0 Å². The number of aryl methyl sites for hydroxylation is 1. The molecule has 1 N–H and O–H groups in total. The maximum Gasteiger partial charge on any atom is 0.0325 e. The summed E-state index contributed by atoms with van der Waals surface area (Å²) in [4.78, 5) is 2.64. The number of rotatable bonds is 5. The summed E-state index contributed by atoms with van der Waals surface area (Å²) in [6, 6.07) is 32.1. The number of hydrogen-bond donors (Lipinski definition) is 1. The molecular formula is C28H32N2. The van der Waals surface area contributed by atoms with Crippen LogP contribution in [0, 0.1) is 0 Å². The molecule has 0 spiro atoms. The summed E-state index contributed by atoms with van der Waals surface area (Å²) in [5.74, 6) is 0.526. The van der Waals surface area contributed by atoms with Crippen molar-refractivity contribution in [1.82, 2.24) is 10.2 Å². The lowest BCUT2D eigenvalue weighted by atomic mass is 9.82. The van der Waals surface area contributed by atoms with Gasteiger partial charge < -0.3 is 5.32 Å². The molecule has 1 aliphatic carbocycles. The third-order valence-corrected chi connectivity index (χ3v) is 6.96. The molecule has 0 bridgehead atoms. The second-order valence-corrected chi connectivity index (χ2v) is 8.94. The fourth-order valence-corrected chi connectivity index (χ4v) is 5.43. The van der Waals surface area contributed by atoms with Gasteiger partial charge in [0.1, 0.15) is 0 Å². The molecule has 0 radical (unpaired) electrons. The Bertz CT molecular complexity index is 937. The maximum absolute atomic E-state index is 4.12. The summed E-state index contributed by atoms with van der Waals surface area (Å²) in [5.41, 5.74) is 5.95. The summed E-state index contributed by atoms with van der Waals surface area (Å²) in [5, 5.41) is 4.12. The minimum absolute atomic E-state index is 0.492. The normalized spacial score (nSPS) is 24.3. The molecule has 3 aromatic carbocycles. The van der Waals surface area contributed by atoms with Gasteiger partial charge in [0.05, 0.1) is 0 Å². The number of hydrogen-bond acceptors (Lipinski definition) is 2. The summed E-state index contributed by atoms with van der Waals surface area (Å²) in [6.45, 7) is 3.32. The molecule has 3 aromatic rings. The van der Waals surface area contributed by atoms with E-state index in [2.05, 4.69) is 95.1 Å². The predicted octanol–water partition coefficient (Wildman–Crippen LogP) is 5.71. The smallest absolute Gasteiger partial charge is 0.0325 e. The van der Waals surface area contributed by atoms with Gasteiger partial charge in [-0.3, -0.25) is 4.90 Å². The first-order valence-electron chi connectivity index (χ1n) is 11.5. The molecule has 0 saturated carbocycles. The van der Waals surface area contributed by atoms with Crippen molar-refractivity contribution in [2.45, 2.75) is 50.2 Å². The lowest BCUT2D eigenvalue weighted by Crippen LogP contribution is -2.49. The van der Waals surface area contributed by atoms with Crippen molar-refractivity contribution in [3.8, 4) is 0 Å². The van der Waals surface area contributed by atoms with E-state index in [0.717, 1.165) is 19.6 Å². The minimum Gasteiger partial charge on any atom is -0.306 e. The van der Waals surface area contributed by atoms with E-state index >= 15 is 0 Å². The second-order valence-electron chi connectivity index (χ2n) is 8.94. The second kappa shape index (κ2) is 9.16. The minimum atomic E-state index is 0.492. The Kier molecular flexibility index (Phi) is 5.96. The average Bonchev–Trinajstić information content (AvgIpc) is 2.81. The first-order chi connectivity index (χ1) is 14.9. The number of likely N-dealkylation sites (tertiary alicyclic amines) is 1. The Morgan fingerprint density at radius 2 is 1.53 bits per heavy atom. The zero-order valence-corrected chi connectivity index (χ0v) is 17.7. The molecule has 1 saturated heterocycles. The van der Waals surface area contributed by atoms with Gasteiger partial charge >= 0.3 is 0 Å². The van der Waals surface area contributed by atoms with Crippen LogP contribution in [-0.4, -0.2) is 24.0 Å². The van der Waals surface area contributed by atoms with Crippen molar-refractivity contribution in [2.75, 3.05) is 13.1 Å². The van der Waals surface area contributed by atoms with Crippen LogP contribution >= 0.6 is 0 Å². The molecule has 30 heavy (non-hydrogen) atoms. The van der Waals surface area contributed by atoms with E-state index in [9.17, 15) is 0 Å². The first-order valence-corrected chi connectivity index (χ1v) is 11.5. The molecule has 0 amide bonds. The first kappa shape index (κ1) is 19.5. The summed E-state index contributed by atoms with van der Waals surface area (Å²) >= 11 is 0. The summed E-state index contributed by atoms with van der Waals surface area (Å²) in [6.07, 6.45) is 4.97. The maximum atomic E-state index is 4.12. The van der Waals surface area contributed by atoms with Gasteiger partial charge in [-0.2, -0.15) is 0 Å². The van der Waals surface area contributed by atoms with E-state index in [4.69, 9.17) is 0 Å². The van der Waals surface area contributed by atoms with Crippen molar-refractivity contribution in [1.29, 1.82) is 0 Å². The molecule has 3 atom stereocenters. The van der Waals surface area contributed by atoms with Crippen LogP contribution in [-0.2, 0) is 13.0 Å². The van der Waals surface area contributed by atoms with Crippen molar-refractivity contribution in [3.63, 3.8) is 0 Å². The molecule has 154 valence electrons. The van der Waals surface area contributed by atoms with E-state index in [1.54, 1.807) is 5.56 Å². The van der Waals surface area contributed by atoms with Crippen LogP contribution in [0.2, 0.25) is 0 Å². The molecule has 1 heterocycles. The lowest BCUT2D eigenvalue weighted by molar-refractivity contribution is 0.158. The zero-order chi connectivity index (χ0) is 20.2. The largest absolute Gasteiger partial charge is 0.306 e. The molecule has 1 fully saturated rings. The van der Waals surface area contributed by atoms with Gasteiger partial charge in [0, 0.05) is 37.6 Å². The quantitative estimate of drug-likeness (QED) is 0.594. The molecule has 2 nitrogen and oxygen atoms in total. The Morgan fingerprint density at radius 3 is 2.37 bits per heavy atom. The highest BCUT2D eigenvalue weighted by Gasteiger charge is 2.33. The molecule has 5 rings (SSSR count). The van der Waals surface area contributed by atoms with E-state index in [-0.39, 0.29) is 0 Å². The van der Waals surface area contributed by atoms with Gasteiger partial charge in [-0.05, 0) is 47.9 Å². The number of nitrogens with zero attached hydrogens (tertiary/aromatic N) is 1. The summed E-state index contributed by atoms with van der Waals surface area (Å²) in [7, 11) is 0. The van der Waals surface area contributed by atoms with Gasteiger partial charge in [-0.1, -0.05) is 84.9 Å². The van der Waals surface area contributed by atoms with Crippen molar-refractivity contribution in [3.05, 3.63) is 107 Å². The van der Waals surface area contributed by atoms with E-state index < -0.39 is 0 Å². The Balaban J connectivity index is 1.35. The van der Waals surface area contributed by atoms with Gasteiger partial charge in [0.25, 0.3) is 0 Å². The van der Waals surface area contributed by atoms with Crippen LogP contribution in [0.15, 0.2) is 84.9 Å². The fraction of sp³-hybridized carbons (Fsp3) is 0.357. The van der Waals surface area contributed by atoms with Crippen molar-refractivity contribution in [2.24, 2.45) is 0 Å². The fourth-order valence-electron chi connectivity index (χ4n) is 5.43. The Labute approximate surface area is 180 Å². The lowest BCUT2D eigenvalue weighted by Gasteiger charge is -2.42. The van der Waals surface area contributed by atoms with Crippen LogP contribution < -0.4 is 5.32 Å². The van der Waals surface area contributed by atoms with Crippen LogP contribution in [0.3, 0.4) is 0 Å². The Morgan fingerprint density at radius 1 is 0.800 bits per heavy atom. The number of piperidine rings is 1. The third kappa shape index (κ3) is 4.35. The van der Waals surface area contributed by atoms with Crippen molar-refractivity contribution >= 4 is 0 Å². The van der Waals surface area contributed by atoms with Gasteiger partial charge in [-0.15, -0.1) is 0 Å². The number of fused-ring (bicyclic) bond motifs is 1. The average molecular weight is 397 g/mol. The topological polar surface area (TPSA) is 15.3 Å². The molecule has 2 aliphatic rings. The highest BCUT2D eigenvalue weighted by Crippen LogP contribution is 2.34. The highest BCUT2D eigenvalue weighted by atomic mass is 15.2. The molecule has 2 heteroatoms. The number of nitrogens with one attached hydrogen (secondary N) is 1. The molecular weight excluding hydrogens is 364 g/mol. The highest BCUT2D eigenvalue weighted by molar-refractivity contribution is 5.33. The van der Waals surface area contributed by atoms with Crippen LogP contribution in [0.25, 0.3) is 0 Å². The van der Waals surface area contributed by atoms with Gasteiger partial charge in [-0.25, -0.2) is 0 Å². The monoisotopic (exact) mass is 396 g/mol. The summed E-state index contributed by atoms with van der Waals surface area (Å²) < 4.78 is 0. The molecule has 3 unspecified atom stereocenters. The van der Waals surface area contributed by atoms with Crippen LogP contribution in [0.4, 0.5) is 0 Å². The van der Waals surface area contributed by atoms with Gasteiger partial charge in [0.15, 0.2) is 0 Å². The zero-order valence-electron chi connectivity index (χ0n) is 17.7. The van der Waals surface area contributed by atoms with E-state index in [1.165, 1.54) is 42.4 Å². The standard InChI is InChI=1S/C28H32N2/c1-3-10-22(11-4-1)20-30-19-18-28(26(21-30)24-12-5-2-6-13-24)29-27-17-9-15-23-14-7-8-16-25(23)27/h1-8,10-14,16,26-29H,9,15,17-21H2. The number of benzene rings is 3. The predicted molar refractivity (Wildman–Crippen MR) is 125 cm³/mol. The van der Waals surface area contributed by atoms with Crippen LogP contribution in [0.1, 0.15) is 53.5 Å². The van der Waals surface area contributed by atoms with Crippen LogP contribution in [0.5, 0.6) is 0 Å². The SMILES string of the molecule is c1ccc(CN2CCC(NC3CCCc4ccccc43)C(c3ccccc3)C2)cc1. The Hall–Kier alpha value is -2.42. The third-order valence-electron chi connectivity index (χ3n) is 6.96. The van der Waals surface area contributed by atoms with E-state index in [0.29, 0.717) is 18.0 Å². The molecule has 1 aliphatic heterocycles.